The van der Waals surface area contributed by atoms with Crippen LogP contribution in [0.4, 0.5) is 18.9 Å². The van der Waals surface area contributed by atoms with Crippen molar-refractivity contribution in [3.8, 4) is 5.75 Å². The minimum atomic E-state index is -4.34. The number of hydrogen-bond donors (Lipinski definition) is 2. The molecule has 2 aliphatic rings. The molecule has 2 aromatic rings. The average Bonchev–Trinajstić information content (AvgIpc) is 3.13. The van der Waals surface area contributed by atoms with Crippen LogP contribution in [-0.4, -0.2) is 42.5 Å². The molecule has 0 radical (unpaired) electrons. The van der Waals surface area contributed by atoms with E-state index in [9.17, 15) is 22.8 Å². The third-order valence-corrected chi connectivity index (χ3v) is 5.18. The lowest BCUT2D eigenvalue weighted by Gasteiger charge is -2.21. The second kappa shape index (κ2) is 7.98. The number of carbonyl (C=O) groups excluding carboxylic acids is 2. The molecule has 1 saturated heterocycles. The number of rotatable bonds is 4. The summed E-state index contributed by atoms with van der Waals surface area (Å²) in [6, 6.07) is 10.0. The first-order chi connectivity index (χ1) is 14.3. The molecule has 1 atom stereocenters. The smallest absolute Gasteiger partial charge is 0.416 e. The van der Waals surface area contributed by atoms with Crippen molar-refractivity contribution < 1.29 is 27.5 Å². The van der Waals surface area contributed by atoms with Crippen molar-refractivity contribution in [3.05, 3.63) is 59.2 Å². The van der Waals surface area contributed by atoms with Crippen LogP contribution in [-0.2, 0) is 17.5 Å². The van der Waals surface area contributed by atoms with Crippen molar-refractivity contribution in [2.24, 2.45) is 0 Å². The molecular formula is C21H20F3N3O3. The second-order valence-corrected chi connectivity index (χ2v) is 7.41. The fourth-order valence-corrected chi connectivity index (χ4v) is 3.71. The Morgan fingerprint density at radius 2 is 1.97 bits per heavy atom. The maximum Gasteiger partial charge on any atom is 0.416 e. The maximum atomic E-state index is 12.7. The zero-order valence-electron chi connectivity index (χ0n) is 16.0. The molecule has 6 nitrogen and oxygen atoms in total. The fraction of sp³-hybridized carbons (Fsp3) is 0.333. The Kier molecular flexibility index (Phi) is 5.38. The zero-order valence-corrected chi connectivity index (χ0v) is 16.0. The van der Waals surface area contributed by atoms with Gasteiger partial charge < -0.3 is 15.4 Å². The molecule has 0 spiro atoms. The van der Waals surface area contributed by atoms with Gasteiger partial charge in [0.05, 0.1) is 16.8 Å². The van der Waals surface area contributed by atoms with Crippen LogP contribution in [0.1, 0.15) is 27.9 Å². The zero-order chi connectivity index (χ0) is 21.3. The van der Waals surface area contributed by atoms with Gasteiger partial charge in [-0.3, -0.25) is 14.5 Å². The van der Waals surface area contributed by atoms with E-state index in [1.54, 1.807) is 18.2 Å². The van der Waals surface area contributed by atoms with Gasteiger partial charge in [-0.2, -0.15) is 13.2 Å². The van der Waals surface area contributed by atoms with Crippen molar-refractivity contribution in [3.63, 3.8) is 0 Å². The summed E-state index contributed by atoms with van der Waals surface area (Å²) in [6.07, 6.45) is -3.61. The van der Waals surface area contributed by atoms with E-state index in [-0.39, 0.29) is 24.5 Å². The van der Waals surface area contributed by atoms with E-state index < -0.39 is 11.7 Å². The molecule has 2 N–H and O–H groups in total. The van der Waals surface area contributed by atoms with E-state index >= 15 is 0 Å². The molecule has 4 rings (SSSR count). The number of alkyl halides is 3. The van der Waals surface area contributed by atoms with Gasteiger partial charge in [0.1, 0.15) is 0 Å². The molecule has 30 heavy (non-hydrogen) atoms. The predicted octanol–water partition coefficient (Wildman–Crippen LogP) is 3.04. The van der Waals surface area contributed by atoms with Crippen LogP contribution in [0.15, 0.2) is 42.5 Å². The second-order valence-electron chi connectivity index (χ2n) is 7.41. The van der Waals surface area contributed by atoms with Crippen molar-refractivity contribution in [1.82, 2.24) is 10.2 Å². The van der Waals surface area contributed by atoms with E-state index in [0.29, 0.717) is 30.1 Å². The summed E-state index contributed by atoms with van der Waals surface area (Å²) in [5.74, 6) is -0.201. The molecule has 2 heterocycles. The van der Waals surface area contributed by atoms with E-state index in [2.05, 4.69) is 15.5 Å². The van der Waals surface area contributed by atoms with Gasteiger partial charge in [0, 0.05) is 25.7 Å². The van der Waals surface area contributed by atoms with Crippen LogP contribution in [0.2, 0.25) is 0 Å². The van der Waals surface area contributed by atoms with Crippen LogP contribution >= 0.6 is 0 Å². The SMILES string of the molecule is O=C1COc2c(cccc2C(=O)NC2CCN(Cc3ccc(C(F)(F)F)cc3)C2)N1. The van der Waals surface area contributed by atoms with Crippen molar-refractivity contribution >= 4 is 17.5 Å². The monoisotopic (exact) mass is 419 g/mol. The van der Waals surface area contributed by atoms with Gasteiger partial charge in [-0.05, 0) is 36.2 Å². The Bertz CT molecular complexity index is 960. The van der Waals surface area contributed by atoms with Gasteiger partial charge in [0.15, 0.2) is 12.4 Å². The minimum absolute atomic E-state index is 0.0824. The highest BCUT2D eigenvalue weighted by atomic mass is 19.4. The van der Waals surface area contributed by atoms with Crippen LogP contribution in [0.5, 0.6) is 5.75 Å². The molecular weight excluding hydrogens is 399 g/mol. The number of ether oxygens (including phenoxy) is 1. The molecule has 0 bridgehead atoms. The van der Waals surface area contributed by atoms with Crippen LogP contribution in [0, 0.1) is 0 Å². The number of amides is 2. The summed E-state index contributed by atoms with van der Waals surface area (Å²) in [5.41, 5.74) is 0.946. The summed E-state index contributed by atoms with van der Waals surface area (Å²) in [4.78, 5) is 26.3. The molecule has 2 aromatic carbocycles. The standard InChI is InChI=1S/C21H20F3N3O3/c22-21(23,24)14-6-4-13(5-7-14)10-27-9-8-15(11-27)25-20(29)16-2-1-3-17-19(16)30-12-18(28)26-17/h1-7,15H,8-12H2,(H,25,29)(H,26,28). The number of nitrogens with zero attached hydrogens (tertiary/aromatic N) is 1. The van der Waals surface area contributed by atoms with Crippen LogP contribution < -0.4 is 15.4 Å². The molecule has 1 unspecified atom stereocenters. The van der Waals surface area contributed by atoms with Gasteiger partial charge in [-0.25, -0.2) is 0 Å². The summed E-state index contributed by atoms with van der Waals surface area (Å²) in [5, 5.41) is 5.65. The Labute approximate surface area is 171 Å². The number of hydrogen-bond acceptors (Lipinski definition) is 4. The van der Waals surface area contributed by atoms with E-state index in [0.717, 1.165) is 30.7 Å². The number of halogens is 3. The molecule has 9 heteroatoms. The molecule has 2 amide bonds. The lowest BCUT2D eigenvalue weighted by molar-refractivity contribution is -0.137. The van der Waals surface area contributed by atoms with E-state index in [4.69, 9.17) is 4.74 Å². The third-order valence-electron chi connectivity index (χ3n) is 5.18. The summed E-state index contributed by atoms with van der Waals surface area (Å²) >= 11 is 0. The van der Waals surface area contributed by atoms with Crippen LogP contribution in [0.25, 0.3) is 0 Å². The van der Waals surface area contributed by atoms with E-state index in [1.165, 1.54) is 12.1 Å². The van der Waals surface area contributed by atoms with Crippen molar-refractivity contribution in [2.45, 2.75) is 25.2 Å². The van der Waals surface area contributed by atoms with Gasteiger partial charge in [0.2, 0.25) is 0 Å². The largest absolute Gasteiger partial charge is 0.481 e. The van der Waals surface area contributed by atoms with E-state index in [1.807, 2.05) is 0 Å². The fourth-order valence-electron chi connectivity index (χ4n) is 3.71. The minimum Gasteiger partial charge on any atom is -0.481 e. The highest BCUT2D eigenvalue weighted by Crippen LogP contribution is 2.32. The lowest BCUT2D eigenvalue weighted by Crippen LogP contribution is -2.37. The highest BCUT2D eigenvalue weighted by Gasteiger charge is 2.30. The van der Waals surface area contributed by atoms with Crippen LogP contribution in [0.3, 0.4) is 0 Å². The molecule has 0 aliphatic carbocycles. The Morgan fingerprint density at radius 3 is 2.70 bits per heavy atom. The van der Waals surface area contributed by atoms with Gasteiger partial charge >= 0.3 is 6.18 Å². The normalized spacial score (nSPS) is 19.0. The Hall–Kier alpha value is -3.07. The third kappa shape index (κ3) is 4.40. The molecule has 158 valence electrons. The topological polar surface area (TPSA) is 70.7 Å². The summed E-state index contributed by atoms with van der Waals surface area (Å²) < 4.78 is 43.5. The molecule has 1 fully saturated rings. The highest BCUT2D eigenvalue weighted by molar-refractivity contribution is 6.03. The number of para-hydroxylation sites is 1. The number of benzene rings is 2. The number of anilines is 1. The Balaban J connectivity index is 1.35. The predicted molar refractivity (Wildman–Crippen MR) is 103 cm³/mol. The lowest BCUT2D eigenvalue weighted by atomic mass is 10.1. The average molecular weight is 419 g/mol. The maximum absolute atomic E-state index is 12.7. The summed E-state index contributed by atoms with van der Waals surface area (Å²) in [7, 11) is 0. The number of carbonyl (C=O) groups is 2. The van der Waals surface area contributed by atoms with Crippen molar-refractivity contribution in [1.29, 1.82) is 0 Å². The number of nitrogens with one attached hydrogen (secondary N) is 2. The van der Waals surface area contributed by atoms with Crippen molar-refractivity contribution in [2.75, 3.05) is 25.0 Å². The molecule has 0 saturated carbocycles. The molecule has 0 aromatic heterocycles. The number of fused-ring (bicyclic) bond motifs is 1. The van der Waals surface area contributed by atoms with Gasteiger partial charge in [0.25, 0.3) is 11.8 Å². The molecule has 2 aliphatic heterocycles. The van der Waals surface area contributed by atoms with Gasteiger partial charge in [-0.1, -0.05) is 18.2 Å². The first-order valence-corrected chi connectivity index (χ1v) is 9.54. The van der Waals surface area contributed by atoms with Gasteiger partial charge in [-0.15, -0.1) is 0 Å². The quantitative estimate of drug-likeness (QED) is 0.799. The first-order valence-electron chi connectivity index (χ1n) is 9.54. The Morgan fingerprint density at radius 1 is 1.20 bits per heavy atom. The summed E-state index contributed by atoms with van der Waals surface area (Å²) in [6.45, 7) is 1.70. The first kappa shape index (κ1) is 20.2. The number of likely N-dealkylation sites (tertiary alicyclic amines) is 1.